The molecule has 0 radical (unpaired) electrons. The van der Waals surface area contributed by atoms with E-state index in [0.717, 1.165) is 12.8 Å². The van der Waals surface area contributed by atoms with Gasteiger partial charge in [-0.15, -0.1) is 0 Å². The summed E-state index contributed by atoms with van der Waals surface area (Å²) in [7, 11) is 1.99. The number of nitrogens with one attached hydrogen (secondary N) is 1. The van der Waals surface area contributed by atoms with E-state index in [1.165, 1.54) is 38.8 Å². The van der Waals surface area contributed by atoms with Crippen LogP contribution in [0.1, 0.15) is 52.4 Å². The Morgan fingerprint density at radius 1 is 1.22 bits per heavy atom. The van der Waals surface area contributed by atoms with Crippen LogP contribution < -0.4 is 5.32 Å². The number of aliphatic hydroxyl groups excluding tert-OH is 1. The van der Waals surface area contributed by atoms with Crippen molar-refractivity contribution in [1.82, 2.24) is 10.2 Å². The van der Waals surface area contributed by atoms with E-state index in [2.05, 4.69) is 24.1 Å². The van der Waals surface area contributed by atoms with Crippen LogP contribution >= 0.6 is 0 Å². The minimum absolute atomic E-state index is 0.00745. The molecule has 2 unspecified atom stereocenters. The summed E-state index contributed by atoms with van der Waals surface area (Å²) < 4.78 is 0. The lowest BCUT2D eigenvalue weighted by molar-refractivity contribution is 0.147. The van der Waals surface area contributed by atoms with Gasteiger partial charge in [0.2, 0.25) is 0 Å². The fraction of sp³-hybridized carbons (Fsp3) is 1.00. The molecule has 2 rings (SSSR count). The standard InChI is InChI=1S/C15H30N2O/c1-14(2)6-4-9-17(10-8-14)13-5-7-15(11-13,12-18)16-3/h13,16,18H,4-12H2,1-3H3. The Bertz CT molecular complexity index is 272. The lowest BCUT2D eigenvalue weighted by atomic mass is 9.85. The second-order valence-corrected chi connectivity index (χ2v) is 7.14. The molecule has 2 aliphatic rings. The molecule has 0 bridgehead atoms. The summed E-state index contributed by atoms with van der Waals surface area (Å²) in [6, 6.07) is 0.679. The van der Waals surface area contributed by atoms with Gasteiger partial charge in [-0.3, -0.25) is 0 Å². The van der Waals surface area contributed by atoms with E-state index in [-0.39, 0.29) is 12.1 Å². The van der Waals surface area contributed by atoms with Gasteiger partial charge in [-0.2, -0.15) is 0 Å². The Kier molecular flexibility index (Phi) is 4.35. The molecule has 106 valence electrons. The molecular formula is C15H30N2O. The van der Waals surface area contributed by atoms with Gasteiger partial charge >= 0.3 is 0 Å². The fourth-order valence-electron chi connectivity index (χ4n) is 3.67. The van der Waals surface area contributed by atoms with E-state index in [1.54, 1.807) is 0 Å². The van der Waals surface area contributed by atoms with Crippen molar-refractivity contribution in [2.24, 2.45) is 5.41 Å². The van der Waals surface area contributed by atoms with Crippen molar-refractivity contribution in [3.05, 3.63) is 0 Å². The molecule has 2 fully saturated rings. The largest absolute Gasteiger partial charge is 0.394 e. The van der Waals surface area contributed by atoms with E-state index in [9.17, 15) is 5.11 Å². The van der Waals surface area contributed by atoms with E-state index >= 15 is 0 Å². The van der Waals surface area contributed by atoms with Crippen molar-refractivity contribution in [3.63, 3.8) is 0 Å². The van der Waals surface area contributed by atoms with Crippen molar-refractivity contribution < 1.29 is 5.11 Å². The molecule has 1 aliphatic heterocycles. The maximum atomic E-state index is 9.59. The number of aliphatic hydroxyl groups is 1. The molecule has 1 heterocycles. The van der Waals surface area contributed by atoms with Crippen LogP contribution in [0.2, 0.25) is 0 Å². The Balaban J connectivity index is 1.93. The molecule has 2 N–H and O–H groups in total. The number of hydrogen-bond donors (Lipinski definition) is 2. The van der Waals surface area contributed by atoms with Crippen molar-refractivity contribution in [1.29, 1.82) is 0 Å². The minimum atomic E-state index is -0.00745. The summed E-state index contributed by atoms with van der Waals surface area (Å²) in [6.45, 7) is 7.56. The quantitative estimate of drug-likeness (QED) is 0.808. The summed E-state index contributed by atoms with van der Waals surface area (Å²) >= 11 is 0. The average molecular weight is 254 g/mol. The monoisotopic (exact) mass is 254 g/mol. The molecule has 2 atom stereocenters. The van der Waals surface area contributed by atoms with Gasteiger partial charge in [0, 0.05) is 11.6 Å². The molecule has 0 amide bonds. The number of nitrogens with zero attached hydrogens (tertiary/aromatic N) is 1. The molecule has 1 aliphatic carbocycles. The van der Waals surface area contributed by atoms with Crippen LogP contribution in [-0.4, -0.2) is 48.3 Å². The van der Waals surface area contributed by atoms with Crippen LogP contribution in [0.25, 0.3) is 0 Å². The van der Waals surface area contributed by atoms with Gasteiger partial charge in [0.25, 0.3) is 0 Å². The van der Waals surface area contributed by atoms with E-state index in [1.807, 2.05) is 7.05 Å². The molecule has 0 spiro atoms. The molecule has 1 saturated heterocycles. The first-order valence-corrected chi connectivity index (χ1v) is 7.54. The number of likely N-dealkylation sites (N-methyl/N-ethyl adjacent to an activating group) is 1. The summed E-state index contributed by atoms with van der Waals surface area (Å²) in [5, 5.41) is 12.9. The Morgan fingerprint density at radius 2 is 2.00 bits per heavy atom. The summed E-state index contributed by atoms with van der Waals surface area (Å²) in [5.41, 5.74) is 0.511. The molecule has 3 nitrogen and oxygen atoms in total. The number of hydrogen-bond acceptors (Lipinski definition) is 3. The molecule has 1 saturated carbocycles. The maximum Gasteiger partial charge on any atom is 0.0613 e. The Morgan fingerprint density at radius 3 is 2.61 bits per heavy atom. The maximum absolute atomic E-state index is 9.59. The van der Waals surface area contributed by atoms with Gasteiger partial charge in [0.05, 0.1) is 6.61 Å². The van der Waals surface area contributed by atoms with Crippen LogP contribution in [0.4, 0.5) is 0 Å². The van der Waals surface area contributed by atoms with E-state index in [4.69, 9.17) is 0 Å². The van der Waals surface area contributed by atoms with Crippen molar-refractivity contribution in [2.75, 3.05) is 26.7 Å². The van der Waals surface area contributed by atoms with Crippen LogP contribution in [0.15, 0.2) is 0 Å². The molecular weight excluding hydrogens is 224 g/mol. The zero-order valence-corrected chi connectivity index (χ0v) is 12.3. The van der Waals surface area contributed by atoms with Crippen molar-refractivity contribution in [3.8, 4) is 0 Å². The van der Waals surface area contributed by atoms with Gasteiger partial charge in [-0.25, -0.2) is 0 Å². The Labute approximate surface area is 112 Å². The van der Waals surface area contributed by atoms with E-state index < -0.39 is 0 Å². The fourth-order valence-corrected chi connectivity index (χ4v) is 3.67. The average Bonchev–Trinajstić information content (AvgIpc) is 2.70. The van der Waals surface area contributed by atoms with E-state index in [0.29, 0.717) is 11.5 Å². The first-order chi connectivity index (χ1) is 8.50. The van der Waals surface area contributed by atoms with Crippen LogP contribution in [0, 0.1) is 5.41 Å². The number of likely N-dealkylation sites (tertiary alicyclic amines) is 1. The highest BCUT2D eigenvalue weighted by Crippen LogP contribution is 2.36. The van der Waals surface area contributed by atoms with Crippen LogP contribution in [-0.2, 0) is 0 Å². The van der Waals surface area contributed by atoms with Crippen molar-refractivity contribution >= 4 is 0 Å². The highest BCUT2D eigenvalue weighted by Gasteiger charge is 2.40. The second kappa shape index (κ2) is 5.48. The third kappa shape index (κ3) is 3.06. The summed E-state index contributed by atoms with van der Waals surface area (Å²) in [6.07, 6.45) is 7.46. The normalized spacial score (nSPS) is 37.7. The third-order valence-electron chi connectivity index (χ3n) is 5.31. The topological polar surface area (TPSA) is 35.5 Å². The predicted octanol–water partition coefficient (Wildman–Crippen LogP) is 2.00. The Hall–Kier alpha value is -0.120. The SMILES string of the molecule is CNC1(CO)CCC(N2CCCC(C)(C)CC2)C1. The van der Waals surface area contributed by atoms with Gasteiger partial charge < -0.3 is 15.3 Å². The summed E-state index contributed by atoms with van der Waals surface area (Å²) in [5.74, 6) is 0. The molecule has 0 aromatic carbocycles. The van der Waals surface area contributed by atoms with Crippen LogP contribution in [0.5, 0.6) is 0 Å². The highest BCUT2D eigenvalue weighted by molar-refractivity contribution is 4.99. The first kappa shape index (κ1) is 14.3. The molecule has 0 aromatic rings. The predicted molar refractivity (Wildman–Crippen MR) is 75.7 cm³/mol. The van der Waals surface area contributed by atoms with Gasteiger partial charge in [-0.1, -0.05) is 13.8 Å². The second-order valence-electron chi connectivity index (χ2n) is 7.14. The van der Waals surface area contributed by atoms with Crippen molar-refractivity contribution in [2.45, 2.75) is 64.0 Å². The lowest BCUT2D eigenvalue weighted by Gasteiger charge is -2.31. The van der Waals surface area contributed by atoms with Gasteiger partial charge in [0.1, 0.15) is 0 Å². The minimum Gasteiger partial charge on any atom is -0.394 e. The van der Waals surface area contributed by atoms with Crippen LogP contribution in [0.3, 0.4) is 0 Å². The zero-order valence-electron chi connectivity index (χ0n) is 12.3. The highest BCUT2D eigenvalue weighted by atomic mass is 16.3. The molecule has 0 aromatic heterocycles. The molecule has 3 heteroatoms. The van der Waals surface area contributed by atoms with Gasteiger partial charge in [0.15, 0.2) is 0 Å². The zero-order chi connectivity index (χ0) is 13.2. The summed E-state index contributed by atoms with van der Waals surface area (Å²) in [4.78, 5) is 2.68. The smallest absolute Gasteiger partial charge is 0.0613 e. The van der Waals surface area contributed by atoms with Gasteiger partial charge in [-0.05, 0) is 64.1 Å². The first-order valence-electron chi connectivity index (χ1n) is 7.54. The lowest BCUT2D eigenvalue weighted by Crippen LogP contribution is -2.46. The number of rotatable bonds is 3. The third-order valence-corrected chi connectivity index (χ3v) is 5.31. The molecule has 18 heavy (non-hydrogen) atoms.